The summed E-state index contributed by atoms with van der Waals surface area (Å²) in [5.41, 5.74) is 0.873. The molecule has 0 atom stereocenters. The maximum Gasteiger partial charge on any atom is 0.305 e. The molecule has 0 radical (unpaired) electrons. The number of anilines is 1. The lowest BCUT2D eigenvalue weighted by atomic mass is 10.2. The summed E-state index contributed by atoms with van der Waals surface area (Å²) in [6.45, 7) is 4.04. The van der Waals surface area contributed by atoms with Crippen LogP contribution >= 0.6 is 0 Å². The molecular weight excluding hydrogens is 244 g/mol. The molecule has 0 aliphatic rings. The second-order valence-electron chi connectivity index (χ2n) is 4.44. The van der Waals surface area contributed by atoms with Crippen LogP contribution in [0.25, 0.3) is 0 Å². The molecule has 0 spiro atoms. The van der Waals surface area contributed by atoms with Gasteiger partial charge in [0.25, 0.3) is 0 Å². The number of carbonyl (C=O) groups excluding carboxylic acids is 1. The number of rotatable bonds is 7. The lowest BCUT2D eigenvalue weighted by Crippen LogP contribution is -2.34. The van der Waals surface area contributed by atoms with E-state index < -0.39 is 5.97 Å². The summed E-state index contributed by atoms with van der Waals surface area (Å²) in [7, 11) is 0. The number of hydrogen-bond donors (Lipinski definition) is 1. The topological polar surface area (TPSA) is 70.5 Å². The van der Waals surface area contributed by atoms with E-state index in [2.05, 4.69) is 4.98 Å². The summed E-state index contributed by atoms with van der Waals surface area (Å²) in [6, 6.07) is 3.66. The van der Waals surface area contributed by atoms with Crippen LogP contribution in [0.4, 0.5) is 5.82 Å². The van der Waals surface area contributed by atoms with E-state index in [9.17, 15) is 9.59 Å². The van der Waals surface area contributed by atoms with Gasteiger partial charge in [-0.05, 0) is 25.0 Å². The zero-order valence-corrected chi connectivity index (χ0v) is 11.4. The lowest BCUT2D eigenvalue weighted by molar-refractivity contribution is -0.136. The van der Waals surface area contributed by atoms with Gasteiger partial charge in [0.05, 0.1) is 6.42 Å². The molecule has 5 heteroatoms. The van der Waals surface area contributed by atoms with Crippen molar-refractivity contribution in [3.63, 3.8) is 0 Å². The standard InChI is InChI=1S/C14H20N2O3/c1-3-4-7-12(17)16(10-8-13(18)19)14-11(2)6-5-9-15-14/h5-6,9H,3-4,7-8,10H2,1-2H3,(H,18,19). The Morgan fingerprint density at radius 3 is 2.68 bits per heavy atom. The highest BCUT2D eigenvalue weighted by Crippen LogP contribution is 2.18. The maximum atomic E-state index is 12.2. The molecule has 0 saturated heterocycles. The number of nitrogens with zero attached hydrogens (tertiary/aromatic N) is 2. The largest absolute Gasteiger partial charge is 0.481 e. The molecule has 1 aromatic rings. The second kappa shape index (κ2) is 7.51. The van der Waals surface area contributed by atoms with E-state index in [1.807, 2.05) is 19.9 Å². The average molecular weight is 264 g/mol. The Bertz CT molecular complexity index is 446. The van der Waals surface area contributed by atoms with E-state index in [0.29, 0.717) is 12.2 Å². The van der Waals surface area contributed by atoms with Crippen molar-refractivity contribution in [2.75, 3.05) is 11.4 Å². The molecule has 0 saturated carbocycles. The van der Waals surface area contributed by atoms with Crippen LogP contribution in [0.5, 0.6) is 0 Å². The van der Waals surface area contributed by atoms with Gasteiger partial charge in [-0.2, -0.15) is 0 Å². The van der Waals surface area contributed by atoms with Crippen molar-refractivity contribution in [3.8, 4) is 0 Å². The van der Waals surface area contributed by atoms with Crippen LogP contribution in [0.1, 0.15) is 38.2 Å². The SMILES string of the molecule is CCCCC(=O)N(CCC(=O)O)c1ncccc1C. The number of aromatic nitrogens is 1. The average Bonchev–Trinajstić information content (AvgIpc) is 2.38. The third-order valence-electron chi connectivity index (χ3n) is 2.83. The summed E-state index contributed by atoms with van der Waals surface area (Å²) in [4.78, 5) is 28.5. The van der Waals surface area contributed by atoms with Gasteiger partial charge >= 0.3 is 5.97 Å². The van der Waals surface area contributed by atoms with Gasteiger partial charge in [-0.3, -0.25) is 14.5 Å². The first-order chi connectivity index (χ1) is 9.06. The van der Waals surface area contributed by atoms with E-state index >= 15 is 0 Å². The number of carboxylic acid groups (broad SMARTS) is 1. The van der Waals surface area contributed by atoms with Crippen molar-refractivity contribution in [3.05, 3.63) is 23.9 Å². The molecule has 5 nitrogen and oxygen atoms in total. The van der Waals surface area contributed by atoms with Crippen LogP contribution in [0.2, 0.25) is 0 Å². The molecule has 19 heavy (non-hydrogen) atoms. The molecule has 0 aromatic carbocycles. The Morgan fingerprint density at radius 2 is 2.11 bits per heavy atom. The number of aliphatic carboxylic acids is 1. The highest BCUT2D eigenvalue weighted by atomic mass is 16.4. The quantitative estimate of drug-likeness (QED) is 0.820. The van der Waals surface area contributed by atoms with E-state index in [0.717, 1.165) is 18.4 Å². The van der Waals surface area contributed by atoms with Gasteiger partial charge in [0.1, 0.15) is 5.82 Å². The summed E-state index contributed by atoms with van der Waals surface area (Å²) in [5.74, 6) is -0.420. The van der Waals surface area contributed by atoms with Crippen molar-refractivity contribution < 1.29 is 14.7 Å². The molecule has 0 fully saturated rings. The molecule has 0 bridgehead atoms. The summed E-state index contributed by atoms with van der Waals surface area (Å²) in [5, 5.41) is 8.78. The van der Waals surface area contributed by atoms with Gasteiger partial charge in [-0.1, -0.05) is 19.4 Å². The van der Waals surface area contributed by atoms with Gasteiger partial charge in [0.15, 0.2) is 0 Å². The number of carboxylic acids is 1. The van der Waals surface area contributed by atoms with Crippen molar-refractivity contribution in [2.24, 2.45) is 0 Å². The van der Waals surface area contributed by atoms with Gasteiger partial charge in [-0.15, -0.1) is 0 Å². The van der Waals surface area contributed by atoms with Crippen LogP contribution < -0.4 is 4.90 Å². The fraction of sp³-hybridized carbons (Fsp3) is 0.500. The highest BCUT2D eigenvalue weighted by molar-refractivity contribution is 5.93. The molecule has 1 heterocycles. The smallest absolute Gasteiger partial charge is 0.305 e. The monoisotopic (exact) mass is 264 g/mol. The van der Waals surface area contributed by atoms with Crippen LogP contribution in [-0.4, -0.2) is 28.5 Å². The Balaban J connectivity index is 2.88. The molecule has 104 valence electrons. The number of pyridine rings is 1. The predicted octanol–water partition coefficient (Wildman–Crippen LogP) is 2.39. The van der Waals surface area contributed by atoms with Crippen LogP contribution in [0, 0.1) is 6.92 Å². The molecule has 1 aromatic heterocycles. The van der Waals surface area contributed by atoms with Gasteiger partial charge in [0.2, 0.25) is 5.91 Å². The van der Waals surface area contributed by atoms with Gasteiger partial charge in [0, 0.05) is 19.2 Å². The maximum absolute atomic E-state index is 12.2. The van der Waals surface area contributed by atoms with E-state index in [-0.39, 0.29) is 18.9 Å². The zero-order valence-electron chi connectivity index (χ0n) is 11.4. The van der Waals surface area contributed by atoms with Crippen molar-refractivity contribution in [1.29, 1.82) is 0 Å². The first-order valence-electron chi connectivity index (χ1n) is 6.50. The van der Waals surface area contributed by atoms with Crippen LogP contribution in [-0.2, 0) is 9.59 Å². The second-order valence-corrected chi connectivity index (χ2v) is 4.44. The van der Waals surface area contributed by atoms with Gasteiger partial charge < -0.3 is 5.11 Å². The van der Waals surface area contributed by atoms with E-state index in [4.69, 9.17) is 5.11 Å². The summed E-state index contributed by atoms with van der Waals surface area (Å²) >= 11 is 0. The lowest BCUT2D eigenvalue weighted by Gasteiger charge is -2.22. The Labute approximate surface area is 113 Å². The van der Waals surface area contributed by atoms with Crippen LogP contribution in [0.15, 0.2) is 18.3 Å². The minimum absolute atomic E-state index is 0.0649. The minimum Gasteiger partial charge on any atom is -0.481 e. The molecule has 0 unspecified atom stereocenters. The number of amides is 1. The predicted molar refractivity (Wildman–Crippen MR) is 73.1 cm³/mol. The number of hydrogen-bond acceptors (Lipinski definition) is 3. The molecule has 1 N–H and O–H groups in total. The molecular formula is C14H20N2O3. The van der Waals surface area contributed by atoms with Crippen molar-refractivity contribution in [1.82, 2.24) is 4.98 Å². The number of carbonyl (C=O) groups is 2. The minimum atomic E-state index is -0.915. The first-order valence-corrected chi connectivity index (χ1v) is 6.50. The molecule has 0 aliphatic heterocycles. The fourth-order valence-electron chi connectivity index (χ4n) is 1.78. The normalized spacial score (nSPS) is 10.2. The van der Waals surface area contributed by atoms with E-state index in [1.165, 1.54) is 4.90 Å². The highest BCUT2D eigenvalue weighted by Gasteiger charge is 2.18. The summed E-state index contributed by atoms with van der Waals surface area (Å²) < 4.78 is 0. The van der Waals surface area contributed by atoms with Crippen LogP contribution in [0.3, 0.4) is 0 Å². The molecule has 1 amide bonds. The Morgan fingerprint density at radius 1 is 1.37 bits per heavy atom. The first kappa shape index (κ1) is 15.1. The fourth-order valence-corrected chi connectivity index (χ4v) is 1.78. The zero-order chi connectivity index (χ0) is 14.3. The molecule has 0 aliphatic carbocycles. The third-order valence-corrected chi connectivity index (χ3v) is 2.83. The summed E-state index contributed by atoms with van der Waals surface area (Å²) in [6.07, 6.45) is 3.69. The van der Waals surface area contributed by atoms with Crippen molar-refractivity contribution >= 4 is 17.7 Å². The number of aryl methyl sites for hydroxylation is 1. The van der Waals surface area contributed by atoms with E-state index in [1.54, 1.807) is 12.3 Å². The number of unbranched alkanes of at least 4 members (excludes halogenated alkanes) is 1. The molecule has 1 rings (SSSR count). The third kappa shape index (κ3) is 4.69. The van der Waals surface area contributed by atoms with Crippen molar-refractivity contribution in [2.45, 2.75) is 39.5 Å². The Kier molecular flexibility index (Phi) is 5.99. The Hall–Kier alpha value is -1.91. The van der Waals surface area contributed by atoms with Gasteiger partial charge in [-0.25, -0.2) is 4.98 Å².